The van der Waals surface area contributed by atoms with Crippen molar-refractivity contribution in [3.05, 3.63) is 93.9 Å². The van der Waals surface area contributed by atoms with E-state index in [4.69, 9.17) is 0 Å². The Labute approximate surface area is 138 Å². The molecule has 0 unspecified atom stereocenters. The summed E-state index contributed by atoms with van der Waals surface area (Å²) in [5.41, 5.74) is 2.98. The lowest BCUT2D eigenvalue weighted by Gasteiger charge is -2.07. The molecule has 1 aromatic heterocycles. The second-order valence-electron chi connectivity index (χ2n) is 5.48. The second kappa shape index (κ2) is 7.19. The predicted octanol–water partition coefficient (Wildman–Crippen LogP) is 3.61. The molecule has 5 heteroatoms. The van der Waals surface area contributed by atoms with Gasteiger partial charge in [0.1, 0.15) is 11.6 Å². The van der Waals surface area contributed by atoms with Crippen molar-refractivity contribution in [1.82, 2.24) is 10.3 Å². The van der Waals surface area contributed by atoms with Crippen LogP contribution in [0, 0.1) is 11.6 Å². The summed E-state index contributed by atoms with van der Waals surface area (Å²) in [6.45, 7) is 0.905. The van der Waals surface area contributed by atoms with Crippen molar-refractivity contribution in [1.29, 1.82) is 0 Å². The van der Waals surface area contributed by atoms with E-state index in [9.17, 15) is 13.6 Å². The van der Waals surface area contributed by atoms with Gasteiger partial charge in [0.2, 0.25) is 0 Å². The summed E-state index contributed by atoms with van der Waals surface area (Å²) in [5.74, 6) is -0.577. The van der Waals surface area contributed by atoms with Gasteiger partial charge in [-0.3, -0.25) is 4.79 Å². The minimum absolute atomic E-state index is 0.174. The molecule has 0 aliphatic carbocycles. The van der Waals surface area contributed by atoms with Crippen LogP contribution in [0.15, 0.2) is 65.6 Å². The SMILES string of the molecule is O=c1[nH]cc(-c2ccc(F)cc2)cc1CNCc1ccc(F)cc1. The van der Waals surface area contributed by atoms with Crippen LogP contribution < -0.4 is 10.9 Å². The van der Waals surface area contributed by atoms with Crippen molar-refractivity contribution in [2.45, 2.75) is 13.1 Å². The number of aromatic nitrogens is 1. The number of hydrogen-bond donors (Lipinski definition) is 2. The van der Waals surface area contributed by atoms with Crippen LogP contribution in [-0.2, 0) is 13.1 Å². The van der Waals surface area contributed by atoms with Crippen molar-refractivity contribution in [2.24, 2.45) is 0 Å². The van der Waals surface area contributed by atoms with Crippen molar-refractivity contribution >= 4 is 0 Å². The molecule has 2 N–H and O–H groups in total. The molecule has 0 saturated heterocycles. The van der Waals surface area contributed by atoms with Gasteiger partial charge in [-0.2, -0.15) is 0 Å². The average molecular weight is 326 g/mol. The van der Waals surface area contributed by atoms with Gasteiger partial charge in [0, 0.05) is 24.8 Å². The van der Waals surface area contributed by atoms with E-state index in [2.05, 4.69) is 10.3 Å². The second-order valence-corrected chi connectivity index (χ2v) is 5.48. The summed E-state index contributed by atoms with van der Waals surface area (Å²) >= 11 is 0. The molecule has 0 atom stereocenters. The molecule has 3 rings (SSSR count). The molecule has 24 heavy (non-hydrogen) atoms. The third kappa shape index (κ3) is 3.94. The first-order valence-corrected chi connectivity index (χ1v) is 7.54. The Hall–Kier alpha value is -2.79. The number of pyridine rings is 1. The lowest BCUT2D eigenvalue weighted by molar-refractivity contribution is 0.624. The molecule has 0 bridgehead atoms. The fourth-order valence-electron chi connectivity index (χ4n) is 2.41. The highest BCUT2D eigenvalue weighted by Crippen LogP contribution is 2.18. The zero-order chi connectivity index (χ0) is 16.9. The highest BCUT2D eigenvalue weighted by atomic mass is 19.1. The van der Waals surface area contributed by atoms with Crippen molar-refractivity contribution in [2.75, 3.05) is 0 Å². The Morgan fingerprint density at radius 2 is 1.46 bits per heavy atom. The molecule has 0 aliphatic rings. The van der Waals surface area contributed by atoms with Crippen LogP contribution in [0.5, 0.6) is 0 Å². The Bertz CT molecular complexity index is 871. The molecule has 0 saturated carbocycles. The molecule has 0 spiro atoms. The highest BCUT2D eigenvalue weighted by Gasteiger charge is 2.04. The lowest BCUT2D eigenvalue weighted by atomic mass is 10.1. The fraction of sp³-hybridized carbons (Fsp3) is 0.105. The number of halogens is 2. The van der Waals surface area contributed by atoms with Gasteiger partial charge in [-0.25, -0.2) is 8.78 Å². The zero-order valence-electron chi connectivity index (χ0n) is 12.9. The first-order chi connectivity index (χ1) is 11.6. The smallest absolute Gasteiger partial charge is 0.252 e. The molecule has 2 aromatic carbocycles. The van der Waals surface area contributed by atoms with Crippen LogP contribution >= 0.6 is 0 Å². The minimum atomic E-state index is -0.302. The summed E-state index contributed by atoms with van der Waals surface area (Å²) in [6.07, 6.45) is 1.61. The van der Waals surface area contributed by atoms with Gasteiger partial charge in [0.05, 0.1) is 0 Å². The number of nitrogens with one attached hydrogen (secondary N) is 2. The van der Waals surface area contributed by atoms with E-state index in [0.29, 0.717) is 18.7 Å². The van der Waals surface area contributed by atoms with Crippen LogP contribution in [0.3, 0.4) is 0 Å². The molecule has 3 aromatic rings. The summed E-state index contributed by atoms with van der Waals surface area (Å²) in [6, 6.07) is 14.1. The molecule has 0 aliphatic heterocycles. The minimum Gasteiger partial charge on any atom is -0.328 e. The maximum atomic E-state index is 13.0. The van der Waals surface area contributed by atoms with Crippen molar-refractivity contribution in [3.63, 3.8) is 0 Å². The number of benzene rings is 2. The quantitative estimate of drug-likeness (QED) is 0.752. The summed E-state index contributed by atoms with van der Waals surface area (Å²) < 4.78 is 25.9. The number of H-pyrrole nitrogens is 1. The largest absolute Gasteiger partial charge is 0.328 e. The normalized spacial score (nSPS) is 10.8. The Kier molecular flexibility index (Phi) is 4.82. The van der Waals surface area contributed by atoms with E-state index in [1.807, 2.05) is 0 Å². The number of hydrogen-bond acceptors (Lipinski definition) is 2. The Morgan fingerprint density at radius 1 is 0.833 bits per heavy atom. The maximum absolute atomic E-state index is 13.0. The third-order valence-electron chi connectivity index (χ3n) is 3.72. The first kappa shape index (κ1) is 16.1. The standard InChI is InChI=1S/C19H16F2N2O/c20-17-5-1-13(2-6-17)10-22-11-16-9-15(12-23-19(16)24)14-3-7-18(21)8-4-14/h1-9,12,22H,10-11H2,(H,23,24). The van der Waals surface area contributed by atoms with Gasteiger partial charge in [0.15, 0.2) is 0 Å². The molecular formula is C19H16F2N2O. The lowest BCUT2D eigenvalue weighted by Crippen LogP contribution is -2.20. The van der Waals surface area contributed by atoms with E-state index in [1.54, 1.807) is 36.5 Å². The number of rotatable bonds is 5. The van der Waals surface area contributed by atoms with E-state index < -0.39 is 0 Å². The summed E-state index contributed by atoms with van der Waals surface area (Å²) in [4.78, 5) is 14.6. The summed E-state index contributed by atoms with van der Waals surface area (Å²) in [5, 5.41) is 3.16. The first-order valence-electron chi connectivity index (χ1n) is 7.54. The van der Waals surface area contributed by atoms with Crippen LogP contribution in [0.25, 0.3) is 11.1 Å². The molecule has 0 amide bonds. The van der Waals surface area contributed by atoms with Gasteiger partial charge in [-0.05, 0) is 47.0 Å². The topological polar surface area (TPSA) is 44.9 Å². The molecule has 122 valence electrons. The zero-order valence-corrected chi connectivity index (χ0v) is 12.9. The van der Waals surface area contributed by atoms with Crippen LogP contribution in [0.2, 0.25) is 0 Å². The molecule has 0 fully saturated rings. The van der Waals surface area contributed by atoms with Crippen LogP contribution in [0.1, 0.15) is 11.1 Å². The highest BCUT2D eigenvalue weighted by molar-refractivity contribution is 5.62. The third-order valence-corrected chi connectivity index (χ3v) is 3.72. The summed E-state index contributed by atoms with van der Waals surface area (Å²) in [7, 11) is 0. The average Bonchev–Trinajstić information content (AvgIpc) is 2.59. The Morgan fingerprint density at radius 3 is 2.12 bits per heavy atom. The molecule has 1 heterocycles. The van der Waals surface area contributed by atoms with Crippen molar-refractivity contribution < 1.29 is 8.78 Å². The van der Waals surface area contributed by atoms with E-state index in [0.717, 1.165) is 16.7 Å². The van der Waals surface area contributed by atoms with Crippen molar-refractivity contribution in [3.8, 4) is 11.1 Å². The van der Waals surface area contributed by atoms with Gasteiger partial charge < -0.3 is 10.3 Å². The molecule has 0 radical (unpaired) electrons. The predicted molar refractivity (Wildman–Crippen MR) is 89.4 cm³/mol. The molecule has 3 nitrogen and oxygen atoms in total. The van der Waals surface area contributed by atoms with Gasteiger partial charge in [-0.15, -0.1) is 0 Å². The maximum Gasteiger partial charge on any atom is 0.252 e. The fourth-order valence-corrected chi connectivity index (χ4v) is 2.41. The van der Waals surface area contributed by atoms with E-state index in [1.165, 1.54) is 24.3 Å². The van der Waals surface area contributed by atoms with E-state index in [-0.39, 0.29) is 17.2 Å². The van der Waals surface area contributed by atoms with Gasteiger partial charge in [-0.1, -0.05) is 24.3 Å². The Balaban J connectivity index is 1.71. The van der Waals surface area contributed by atoms with Gasteiger partial charge >= 0.3 is 0 Å². The number of aromatic amines is 1. The van der Waals surface area contributed by atoms with Gasteiger partial charge in [0.25, 0.3) is 5.56 Å². The van der Waals surface area contributed by atoms with E-state index >= 15 is 0 Å². The van der Waals surface area contributed by atoms with Crippen LogP contribution in [-0.4, -0.2) is 4.98 Å². The monoisotopic (exact) mass is 326 g/mol. The van der Waals surface area contributed by atoms with Crippen LogP contribution in [0.4, 0.5) is 8.78 Å². The molecular weight excluding hydrogens is 310 g/mol.